The molecule has 3 heterocycles. The number of amides is 3. The third-order valence-electron chi connectivity index (χ3n) is 12.8. The molecule has 4 fully saturated rings. The maximum atomic E-state index is 14.7. The Morgan fingerprint density at radius 1 is 0.712 bits per heavy atom. The number of benzene rings is 3. The minimum Gasteiger partial charge on any atom is -0.354 e. The van der Waals surface area contributed by atoms with E-state index in [1.54, 1.807) is 9.80 Å². The molecule has 1 saturated carbocycles. The fourth-order valence-electron chi connectivity index (χ4n) is 9.98. The first kappa shape index (κ1) is 36.4. The summed E-state index contributed by atoms with van der Waals surface area (Å²) in [6.45, 7) is 4.96. The van der Waals surface area contributed by atoms with Crippen LogP contribution in [0, 0.1) is 5.92 Å². The van der Waals surface area contributed by atoms with Crippen LogP contribution in [0.4, 0.5) is 0 Å². The molecule has 1 unspecified atom stereocenters. The minimum atomic E-state index is -0.778. The number of nitrogens with one attached hydrogen (secondary N) is 1. The number of rotatable bonds is 10. The second-order valence-electron chi connectivity index (χ2n) is 15.8. The number of nitrogens with zero attached hydrogens (tertiary/aromatic N) is 3. The molecule has 1 aliphatic carbocycles. The fraction of sp³-hybridized carbons (Fsp3) is 0.523. The highest BCUT2D eigenvalue weighted by Crippen LogP contribution is 2.43. The minimum absolute atomic E-state index is 0.0655. The molecule has 276 valence electrons. The fourth-order valence-corrected chi connectivity index (χ4v) is 9.98. The molecule has 0 radical (unpaired) electrons. The zero-order valence-corrected chi connectivity index (χ0v) is 30.9. The van der Waals surface area contributed by atoms with Gasteiger partial charge in [0.05, 0.1) is 5.41 Å². The highest BCUT2D eigenvalue weighted by Gasteiger charge is 2.47. The summed E-state index contributed by atoms with van der Waals surface area (Å²) in [5, 5.41) is 3.29. The standard InChI is InChI=1S/C44H57N5O3/c1-32-33(16-14-26-47(32)38-23-12-5-13-24-38)30-46-42(51)39-25-15-27-48(39)43(52)40-28-37(45)31-49(40)41(50)29-44(34-17-6-2-7-18-34,35-19-8-3-9-20-35)36-21-10-4-11-22-36/h2-4,6-11,17-22,32-33,37-40H,5,12-16,23-31,45H2,1H3,(H,46,51)/t32?,33-,37+,39-,40+/m1/s1. The zero-order valence-electron chi connectivity index (χ0n) is 30.9. The molecule has 0 aromatic heterocycles. The van der Waals surface area contributed by atoms with E-state index >= 15 is 0 Å². The highest BCUT2D eigenvalue weighted by molar-refractivity contribution is 5.93. The van der Waals surface area contributed by atoms with E-state index in [9.17, 15) is 14.4 Å². The second-order valence-corrected chi connectivity index (χ2v) is 15.8. The molecule has 0 bridgehead atoms. The molecule has 3 saturated heterocycles. The van der Waals surface area contributed by atoms with Gasteiger partial charge in [-0.15, -0.1) is 0 Å². The van der Waals surface area contributed by atoms with Crippen molar-refractivity contribution in [3.8, 4) is 0 Å². The summed E-state index contributed by atoms with van der Waals surface area (Å²) in [7, 11) is 0. The Kier molecular flexibility index (Phi) is 11.4. The molecule has 4 aliphatic rings. The smallest absolute Gasteiger partial charge is 0.246 e. The third kappa shape index (κ3) is 7.42. The molecule has 3 aromatic rings. The summed E-state index contributed by atoms with van der Waals surface area (Å²) in [6.07, 6.45) is 10.8. The average molecular weight is 704 g/mol. The highest BCUT2D eigenvalue weighted by atomic mass is 16.2. The van der Waals surface area contributed by atoms with Gasteiger partial charge in [-0.2, -0.15) is 0 Å². The summed E-state index contributed by atoms with van der Waals surface area (Å²) in [5.41, 5.74) is 8.80. The number of carbonyl (C=O) groups is 3. The molecule has 0 spiro atoms. The first-order valence-corrected chi connectivity index (χ1v) is 19.9. The Labute approximate surface area is 310 Å². The van der Waals surface area contributed by atoms with Crippen LogP contribution in [0.3, 0.4) is 0 Å². The summed E-state index contributed by atoms with van der Waals surface area (Å²) >= 11 is 0. The van der Waals surface area contributed by atoms with Crippen molar-refractivity contribution in [1.82, 2.24) is 20.0 Å². The van der Waals surface area contributed by atoms with Crippen molar-refractivity contribution < 1.29 is 14.4 Å². The SMILES string of the molecule is CC1[C@@H](CNC(=O)[C@H]2CCCN2C(=O)[C@@H]2C[C@H](N)CN2C(=O)CC(c2ccccc2)(c2ccccc2)c2ccccc2)CCCN1C1CCCCC1. The van der Waals surface area contributed by atoms with Crippen molar-refractivity contribution in [3.63, 3.8) is 0 Å². The Morgan fingerprint density at radius 2 is 1.29 bits per heavy atom. The van der Waals surface area contributed by atoms with Crippen molar-refractivity contribution in [2.24, 2.45) is 11.7 Å². The van der Waals surface area contributed by atoms with Crippen LogP contribution in [0.2, 0.25) is 0 Å². The van der Waals surface area contributed by atoms with Crippen molar-refractivity contribution in [2.75, 3.05) is 26.2 Å². The van der Waals surface area contributed by atoms with Crippen molar-refractivity contribution >= 4 is 17.7 Å². The van der Waals surface area contributed by atoms with Crippen LogP contribution < -0.4 is 11.1 Å². The van der Waals surface area contributed by atoms with Gasteiger partial charge in [0.15, 0.2) is 0 Å². The van der Waals surface area contributed by atoms with Crippen LogP contribution in [-0.2, 0) is 19.8 Å². The lowest BCUT2D eigenvalue weighted by atomic mass is 9.67. The lowest BCUT2D eigenvalue weighted by molar-refractivity contribution is -0.147. The molecule has 3 N–H and O–H groups in total. The van der Waals surface area contributed by atoms with Gasteiger partial charge in [-0.1, -0.05) is 110 Å². The van der Waals surface area contributed by atoms with Gasteiger partial charge in [0.2, 0.25) is 17.7 Å². The molecular formula is C44H57N5O3. The van der Waals surface area contributed by atoms with E-state index in [0.29, 0.717) is 50.5 Å². The second kappa shape index (κ2) is 16.3. The average Bonchev–Trinajstić information content (AvgIpc) is 3.85. The van der Waals surface area contributed by atoms with E-state index in [-0.39, 0.29) is 30.2 Å². The molecule has 8 nitrogen and oxygen atoms in total. The van der Waals surface area contributed by atoms with E-state index in [0.717, 1.165) is 36.1 Å². The molecule has 8 heteroatoms. The third-order valence-corrected chi connectivity index (χ3v) is 12.8. The van der Waals surface area contributed by atoms with Gasteiger partial charge in [-0.05, 0) is 81.0 Å². The maximum absolute atomic E-state index is 14.7. The number of likely N-dealkylation sites (tertiary alicyclic amines) is 3. The van der Waals surface area contributed by atoms with Gasteiger partial charge in [-0.25, -0.2) is 0 Å². The number of nitrogens with two attached hydrogens (primary N) is 1. The number of carbonyl (C=O) groups excluding carboxylic acids is 3. The van der Waals surface area contributed by atoms with Crippen LogP contribution in [0.25, 0.3) is 0 Å². The van der Waals surface area contributed by atoms with Gasteiger partial charge < -0.3 is 20.9 Å². The lowest BCUT2D eigenvalue weighted by Crippen LogP contribution is -2.55. The maximum Gasteiger partial charge on any atom is 0.246 e. The summed E-state index contributed by atoms with van der Waals surface area (Å²) < 4.78 is 0. The molecule has 3 aliphatic heterocycles. The molecule has 3 aromatic carbocycles. The number of piperidine rings is 1. The molecule has 52 heavy (non-hydrogen) atoms. The summed E-state index contributed by atoms with van der Waals surface area (Å²) in [6, 6.07) is 30.1. The topological polar surface area (TPSA) is 99.0 Å². The molecular weight excluding hydrogens is 647 g/mol. The monoisotopic (exact) mass is 703 g/mol. The summed E-state index contributed by atoms with van der Waals surface area (Å²) in [5.74, 6) is 0.0737. The van der Waals surface area contributed by atoms with Gasteiger partial charge >= 0.3 is 0 Å². The predicted octanol–water partition coefficient (Wildman–Crippen LogP) is 5.88. The Balaban J connectivity index is 1.07. The zero-order chi connectivity index (χ0) is 36.1. The quantitative estimate of drug-likeness (QED) is 0.257. The molecule has 3 amide bonds. The first-order chi connectivity index (χ1) is 25.4. The van der Waals surface area contributed by atoms with Crippen LogP contribution >= 0.6 is 0 Å². The first-order valence-electron chi connectivity index (χ1n) is 19.9. The Morgan fingerprint density at radius 3 is 1.88 bits per heavy atom. The van der Waals surface area contributed by atoms with Crippen LogP contribution in [-0.4, -0.2) is 88.8 Å². The van der Waals surface area contributed by atoms with Gasteiger partial charge in [0, 0.05) is 44.2 Å². The van der Waals surface area contributed by atoms with Crippen LogP contribution in [0.1, 0.15) is 94.2 Å². The van der Waals surface area contributed by atoms with E-state index in [1.165, 1.54) is 38.5 Å². The number of hydrogen-bond donors (Lipinski definition) is 2. The Hall–Kier alpha value is -4.01. The van der Waals surface area contributed by atoms with Gasteiger partial charge in [-0.3, -0.25) is 19.3 Å². The Bertz CT molecular complexity index is 1550. The van der Waals surface area contributed by atoms with E-state index in [4.69, 9.17) is 5.73 Å². The van der Waals surface area contributed by atoms with E-state index in [2.05, 4.69) is 53.5 Å². The van der Waals surface area contributed by atoms with Gasteiger partial charge in [0.25, 0.3) is 0 Å². The normalized spacial score (nSPS) is 26.0. The molecule has 7 rings (SSSR count). The van der Waals surface area contributed by atoms with Crippen molar-refractivity contribution in [1.29, 1.82) is 0 Å². The van der Waals surface area contributed by atoms with Crippen LogP contribution in [0.5, 0.6) is 0 Å². The van der Waals surface area contributed by atoms with E-state index < -0.39 is 17.5 Å². The predicted molar refractivity (Wildman–Crippen MR) is 205 cm³/mol. The molecule has 5 atom stereocenters. The lowest BCUT2D eigenvalue weighted by Gasteiger charge is -2.45. The largest absolute Gasteiger partial charge is 0.354 e. The van der Waals surface area contributed by atoms with Crippen molar-refractivity contribution in [3.05, 3.63) is 108 Å². The van der Waals surface area contributed by atoms with Crippen LogP contribution in [0.15, 0.2) is 91.0 Å². The van der Waals surface area contributed by atoms with Gasteiger partial charge in [0.1, 0.15) is 12.1 Å². The number of hydrogen-bond acceptors (Lipinski definition) is 5. The summed E-state index contributed by atoms with van der Waals surface area (Å²) in [4.78, 5) is 49.2. The van der Waals surface area contributed by atoms with E-state index in [1.807, 2.05) is 54.6 Å². The van der Waals surface area contributed by atoms with Crippen molar-refractivity contribution in [2.45, 2.75) is 113 Å².